The van der Waals surface area contributed by atoms with Crippen LogP contribution in [0.1, 0.15) is 23.6 Å². The molecule has 0 saturated heterocycles. The zero-order chi connectivity index (χ0) is 14.5. The summed E-state index contributed by atoms with van der Waals surface area (Å²) in [6, 6.07) is 13.9. The van der Waals surface area contributed by atoms with Crippen molar-refractivity contribution < 1.29 is 4.39 Å². The Bertz CT molecular complexity index is 583. The van der Waals surface area contributed by atoms with E-state index in [1.165, 1.54) is 17.2 Å². The second kappa shape index (κ2) is 7.00. The number of benzene rings is 2. The average Bonchev–Trinajstić information content (AvgIpc) is 2.40. The average molecular weight is 336 g/mol. The van der Waals surface area contributed by atoms with E-state index in [2.05, 4.69) is 53.3 Å². The molecular formula is C17H19BrFN. The third-order valence-corrected chi connectivity index (χ3v) is 3.94. The zero-order valence-electron chi connectivity index (χ0n) is 11.8. The van der Waals surface area contributed by atoms with Crippen molar-refractivity contribution in [3.05, 3.63) is 69.4 Å². The first-order valence-corrected chi connectivity index (χ1v) is 7.57. The van der Waals surface area contributed by atoms with Crippen molar-refractivity contribution in [1.29, 1.82) is 0 Å². The molecule has 0 bridgehead atoms. The van der Waals surface area contributed by atoms with Crippen LogP contribution in [-0.2, 0) is 13.0 Å². The van der Waals surface area contributed by atoms with Gasteiger partial charge in [-0.3, -0.25) is 0 Å². The standard InChI is InChI=1S/C17H19BrFN/c1-12-5-3-4-6-14(12)9-13(2)20-11-15-7-8-16(18)10-17(15)19/h3-8,10,13,20H,9,11H2,1-2H3. The molecular weight excluding hydrogens is 317 g/mol. The van der Waals surface area contributed by atoms with Crippen molar-refractivity contribution in [2.24, 2.45) is 0 Å². The van der Waals surface area contributed by atoms with Gasteiger partial charge in [-0.15, -0.1) is 0 Å². The Balaban J connectivity index is 1.92. The lowest BCUT2D eigenvalue weighted by Gasteiger charge is -2.15. The van der Waals surface area contributed by atoms with Crippen LogP contribution in [-0.4, -0.2) is 6.04 Å². The number of hydrogen-bond acceptors (Lipinski definition) is 1. The Hall–Kier alpha value is -1.19. The van der Waals surface area contributed by atoms with Crippen molar-refractivity contribution in [3.8, 4) is 0 Å². The predicted octanol–water partition coefficient (Wildman–Crippen LogP) is 4.62. The molecule has 0 aliphatic carbocycles. The molecule has 0 aromatic heterocycles. The van der Waals surface area contributed by atoms with E-state index in [1.54, 1.807) is 0 Å². The van der Waals surface area contributed by atoms with Crippen LogP contribution in [0.2, 0.25) is 0 Å². The van der Waals surface area contributed by atoms with Gasteiger partial charge in [0.25, 0.3) is 0 Å². The molecule has 20 heavy (non-hydrogen) atoms. The summed E-state index contributed by atoms with van der Waals surface area (Å²) in [5.41, 5.74) is 3.34. The van der Waals surface area contributed by atoms with Gasteiger partial charge in [-0.05, 0) is 43.5 Å². The summed E-state index contributed by atoms with van der Waals surface area (Å²) >= 11 is 3.27. The van der Waals surface area contributed by atoms with Gasteiger partial charge in [-0.25, -0.2) is 4.39 Å². The monoisotopic (exact) mass is 335 g/mol. The van der Waals surface area contributed by atoms with E-state index < -0.39 is 0 Å². The Kier molecular flexibility index (Phi) is 5.32. The van der Waals surface area contributed by atoms with Crippen LogP contribution in [0.3, 0.4) is 0 Å². The molecule has 0 radical (unpaired) electrons. The summed E-state index contributed by atoms with van der Waals surface area (Å²) < 4.78 is 14.5. The Morgan fingerprint density at radius 3 is 2.60 bits per heavy atom. The number of rotatable bonds is 5. The molecule has 3 heteroatoms. The van der Waals surface area contributed by atoms with Crippen molar-refractivity contribution in [2.45, 2.75) is 32.9 Å². The topological polar surface area (TPSA) is 12.0 Å². The van der Waals surface area contributed by atoms with Crippen LogP contribution in [0.15, 0.2) is 46.9 Å². The lowest BCUT2D eigenvalue weighted by atomic mass is 10.0. The van der Waals surface area contributed by atoms with Crippen molar-refractivity contribution in [1.82, 2.24) is 5.32 Å². The molecule has 2 aromatic carbocycles. The number of hydrogen-bond donors (Lipinski definition) is 1. The Labute approximate surface area is 128 Å². The van der Waals surface area contributed by atoms with Crippen molar-refractivity contribution in [2.75, 3.05) is 0 Å². The molecule has 1 nitrogen and oxygen atoms in total. The van der Waals surface area contributed by atoms with Gasteiger partial charge in [0.05, 0.1) is 0 Å². The number of aryl methyl sites for hydroxylation is 1. The van der Waals surface area contributed by atoms with Crippen molar-refractivity contribution in [3.63, 3.8) is 0 Å². The molecule has 0 saturated carbocycles. The molecule has 2 aromatic rings. The van der Waals surface area contributed by atoms with E-state index in [9.17, 15) is 4.39 Å². The van der Waals surface area contributed by atoms with Crippen LogP contribution in [0.4, 0.5) is 4.39 Å². The fourth-order valence-corrected chi connectivity index (χ4v) is 2.52. The predicted molar refractivity (Wildman–Crippen MR) is 85.3 cm³/mol. The normalized spacial score (nSPS) is 12.4. The van der Waals surface area contributed by atoms with Crippen LogP contribution < -0.4 is 5.32 Å². The molecule has 0 aliphatic heterocycles. The fraction of sp³-hybridized carbons (Fsp3) is 0.294. The summed E-state index contributed by atoms with van der Waals surface area (Å²) in [5, 5.41) is 3.38. The van der Waals surface area contributed by atoms with E-state index in [0.717, 1.165) is 10.9 Å². The highest BCUT2D eigenvalue weighted by atomic mass is 79.9. The third-order valence-electron chi connectivity index (χ3n) is 3.44. The highest BCUT2D eigenvalue weighted by molar-refractivity contribution is 9.10. The van der Waals surface area contributed by atoms with Gasteiger partial charge >= 0.3 is 0 Å². The first kappa shape index (κ1) is 15.2. The van der Waals surface area contributed by atoms with E-state index in [0.29, 0.717) is 18.2 Å². The quantitative estimate of drug-likeness (QED) is 0.840. The lowest BCUT2D eigenvalue weighted by molar-refractivity contribution is 0.524. The van der Waals surface area contributed by atoms with Crippen LogP contribution in [0, 0.1) is 12.7 Å². The molecule has 106 valence electrons. The van der Waals surface area contributed by atoms with Crippen LogP contribution in [0.5, 0.6) is 0 Å². The minimum absolute atomic E-state index is 0.171. The van der Waals surface area contributed by atoms with Crippen molar-refractivity contribution >= 4 is 15.9 Å². The summed E-state index contributed by atoms with van der Waals surface area (Å²) in [4.78, 5) is 0. The first-order chi connectivity index (χ1) is 9.56. The molecule has 0 heterocycles. The van der Waals surface area contributed by atoms with Gasteiger partial charge in [0.2, 0.25) is 0 Å². The van der Waals surface area contributed by atoms with Gasteiger partial charge in [0.1, 0.15) is 5.82 Å². The Morgan fingerprint density at radius 2 is 1.90 bits per heavy atom. The molecule has 1 atom stereocenters. The van der Waals surface area contributed by atoms with Gasteiger partial charge in [-0.1, -0.05) is 46.3 Å². The second-order valence-corrected chi connectivity index (χ2v) is 6.06. The summed E-state index contributed by atoms with van der Waals surface area (Å²) in [5.74, 6) is -0.171. The maximum atomic E-state index is 13.7. The molecule has 0 aliphatic rings. The summed E-state index contributed by atoms with van der Waals surface area (Å²) in [7, 11) is 0. The highest BCUT2D eigenvalue weighted by Gasteiger charge is 2.07. The Morgan fingerprint density at radius 1 is 1.15 bits per heavy atom. The lowest BCUT2D eigenvalue weighted by Crippen LogP contribution is -2.28. The van der Waals surface area contributed by atoms with Gasteiger partial charge in [0, 0.05) is 22.6 Å². The van der Waals surface area contributed by atoms with E-state index in [4.69, 9.17) is 0 Å². The maximum Gasteiger partial charge on any atom is 0.128 e. The van der Waals surface area contributed by atoms with Gasteiger partial charge in [0.15, 0.2) is 0 Å². The smallest absolute Gasteiger partial charge is 0.128 e. The highest BCUT2D eigenvalue weighted by Crippen LogP contribution is 2.15. The SMILES string of the molecule is Cc1ccccc1CC(C)NCc1ccc(Br)cc1F. The van der Waals surface area contributed by atoms with Crippen LogP contribution in [0.25, 0.3) is 0 Å². The molecule has 1 N–H and O–H groups in total. The zero-order valence-corrected chi connectivity index (χ0v) is 13.4. The minimum atomic E-state index is -0.171. The summed E-state index contributed by atoms with van der Waals surface area (Å²) in [6.07, 6.45) is 0.949. The second-order valence-electron chi connectivity index (χ2n) is 5.15. The number of nitrogens with one attached hydrogen (secondary N) is 1. The summed E-state index contributed by atoms with van der Waals surface area (Å²) in [6.45, 7) is 4.80. The van der Waals surface area contributed by atoms with E-state index in [-0.39, 0.29) is 5.82 Å². The first-order valence-electron chi connectivity index (χ1n) is 6.78. The molecule has 2 rings (SSSR count). The fourth-order valence-electron chi connectivity index (χ4n) is 2.19. The maximum absolute atomic E-state index is 13.7. The largest absolute Gasteiger partial charge is 0.310 e. The van der Waals surface area contributed by atoms with E-state index >= 15 is 0 Å². The molecule has 1 unspecified atom stereocenters. The minimum Gasteiger partial charge on any atom is -0.310 e. The van der Waals surface area contributed by atoms with Gasteiger partial charge in [-0.2, -0.15) is 0 Å². The van der Waals surface area contributed by atoms with Crippen LogP contribution >= 0.6 is 15.9 Å². The molecule has 0 amide bonds. The molecule has 0 fully saturated rings. The number of halogens is 2. The molecule has 0 spiro atoms. The van der Waals surface area contributed by atoms with Gasteiger partial charge < -0.3 is 5.32 Å². The third kappa shape index (κ3) is 4.15. The van der Waals surface area contributed by atoms with E-state index in [1.807, 2.05) is 18.2 Å².